The Morgan fingerprint density at radius 3 is 2.35 bits per heavy atom. The van der Waals surface area contributed by atoms with Crippen LogP contribution in [0.2, 0.25) is 0 Å². The van der Waals surface area contributed by atoms with Crippen LogP contribution in [0.1, 0.15) is 17.2 Å². The van der Waals surface area contributed by atoms with Crippen molar-refractivity contribution in [2.75, 3.05) is 0 Å². The highest BCUT2D eigenvalue weighted by atomic mass is 79.9. The Hall–Kier alpha value is -0.850. The minimum absolute atomic E-state index is 0.0264. The van der Waals surface area contributed by atoms with Crippen molar-refractivity contribution in [2.24, 2.45) is 5.73 Å². The molecule has 2 rings (SSSR count). The van der Waals surface area contributed by atoms with Gasteiger partial charge >= 0.3 is 0 Å². The molecular formula is C14H10Br2F3N. The number of rotatable bonds is 3. The quantitative estimate of drug-likeness (QED) is 0.720. The van der Waals surface area contributed by atoms with Gasteiger partial charge in [-0.25, -0.2) is 13.2 Å². The first-order chi connectivity index (χ1) is 9.40. The molecule has 0 bridgehead atoms. The Kier molecular flexibility index (Phi) is 4.88. The third-order valence-electron chi connectivity index (χ3n) is 2.92. The lowest BCUT2D eigenvalue weighted by Crippen LogP contribution is -2.16. The van der Waals surface area contributed by atoms with Crippen molar-refractivity contribution < 1.29 is 13.2 Å². The molecule has 2 N–H and O–H groups in total. The van der Waals surface area contributed by atoms with Crippen LogP contribution < -0.4 is 5.73 Å². The van der Waals surface area contributed by atoms with E-state index in [4.69, 9.17) is 5.73 Å². The highest BCUT2D eigenvalue weighted by Crippen LogP contribution is 2.29. The molecule has 0 spiro atoms. The van der Waals surface area contributed by atoms with Crippen LogP contribution in [0.3, 0.4) is 0 Å². The minimum atomic E-state index is -0.668. The molecule has 0 aromatic heterocycles. The van der Waals surface area contributed by atoms with Crippen LogP contribution in [0.25, 0.3) is 0 Å². The van der Waals surface area contributed by atoms with E-state index in [9.17, 15) is 13.2 Å². The van der Waals surface area contributed by atoms with Crippen molar-refractivity contribution >= 4 is 31.9 Å². The van der Waals surface area contributed by atoms with Gasteiger partial charge in [0.05, 0.1) is 4.47 Å². The van der Waals surface area contributed by atoms with Gasteiger partial charge in [-0.05, 0) is 52.2 Å². The van der Waals surface area contributed by atoms with Gasteiger partial charge in [0, 0.05) is 16.1 Å². The summed E-state index contributed by atoms with van der Waals surface area (Å²) in [6, 6.07) is 5.85. The molecule has 106 valence electrons. The Balaban J connectivity index is 2.32. The lowest BCUT2D eigenvalue weighted by molar-refractivity contribution is 0.535. The van der Waals surface area contributed by atoms with Crippen LogP contribution in [0, 0.1) is 17.5 Å². The van der Waals surface area contributed by atoms with Crippen molar-refractivity contribution in [3.05, 3.63) is 67.9 Å². The molecular weight excluding hydrogens is 399 g/mol. The summed E-state index contributed by atoms with van der Waals surface area (Å²) in [4.78, 5) is 0. The van der Waals surface area contributed by atoms with Gasteiger partial charge in [0.2, 0.25) is 0 Å². The lowest BCUT2D eigenvalue weighted by Gasteiger charge is -2.15. The van der Waals surface area contributed by atoms with Crippen LogP contribution in [0.15, 0.2) is 39.3 Å². The summed E-state index contributed by atoms with van der Waals surface area (Å²) in [5.41, 5.74) is 6.46. The average molecular weight is 409 g/mol. The molecule has 1 nitrogen and oxygen atoms in total. The monoisotopic (exact) mass is 407 g/mol. The topological polar surface area (TPSA) is 26.0 Å². The summed E-state index contributed by atoms with van der Waals surface area (Å²) in [7, 11) is 0. The highest BCUT2D eigenvalue weighted by molar-refractivity contribution is 9.10. The van der Waals surface area contributed by atoms with E-state index in [1.807, 2.05) is 0 Å². The molecule has 0 amide bonds. The van der Waals surface area contributed by atoms with E-state index in [0.29, 0.717) is 10.0 Å². The standard InChI is InChI=1S/C14H10Br2F3N/c15-10-3-4-12(18)9(14(10)19)6-13(20)8-2-1-7(17)5-11(8)16/h1-5,13H,6,20H2. The van der Waals surface area contributed by atoms with Crippen LogP contribution in [-0.4, -0.2) is 0 Å². The molecule has 0 heterocycles. The van der Waals surface area contributed by atoms with E-state index < -0.39 is 23.5 Å². The van der Waals surface area contributed by atoms with E-state index in [1.165, 1.54) is 30.3 Å². The molecule has 1 unspecified atom stereocenters. The van der Waals surface area contributed by atoms with Gasteiger partial charge in [0.25, 0.3) is 0 Å². The zero-order valence-corrected chi connectivity index (χ0v) is 13.3. The fourth-order valence-electron chi connectivity index (χ4n) is 1.89. The first-order valence-corrected chi connectivity index (χ1v) is 7.31. The maximum Gasteiger partial charge on any atom is 0.143 e. The number of nitrogens with two attached hydrogens (primary N) is 1. The fraction of sp³-hybridized carbons (Fsp3) is 0.143. The van der Waals surface area contributed by atoms with Gasteiger partial charge in [-0.15, -0.1) is 0 Å². The maximum atomic E-state index is 13.9. The summed E-state index contributed by atoms with van der Waals surface area (Å²) in [6.07, 6.45) is -0.0264. The Bertz CT molecular complexity index is 647. The summed E-state index contributed by atoms with van der Waals surface area (Å²) in [5.74, 6) is -1.73. The van der Waals surface area contributed by atoms with E-state index in [2.05, 4.69) is 31.9 Å². The van der Waals surface area contributed by atoms with Gasteiger partial charge in [-0.3, -0.25) is 0 Å². The molecule has 1 atom stereocenters. The normalized spacial score (nSPS) is 12.5. The Morgan fingerprint density at radius 2 is 1.70 bits per heavy atom. The summed E-state index contributed by atoms with van der Waals surface area (Å²) >= 11 is 6.20. The average Bonchev–Trinajstić information content (AvgIpc) is 2.39. The van der Waals surface area contributed by atoms with Crippen molar-refractivity contribution in [3.63, 3.8) is 0 Å². The number of halogens is 5. The number of hydrogen-bond acceptors (Lipinski definition) is 1. The number of hydrogen-bond donors (Lipinski definition) is 1. The molecule has 0 saturated heterocycles. The fourth-order valence-corrected chi connectivity index (χ4v) is 2.90. The molecule has 6 heteroatoms. The van der Waals surface area contributed by atoms with Crippen LogP contribution in [0.5, 0.6) is 0 Å². The maximum absolute atomic E-state index is 13.9. The van der Waals surface area contributed by atoms with Gasteiger partial charge in [-0.2, -0.15) is 0 Å². The predicted molar refractivity (Wildman–Crippen MR) is 78.8 cm³/mol. The van der Waals surface area contributed by atoms with Crippen LogP contribution in [-0.2, 0) is 6.42 Å². The van der Waals surface area contributed by atoms with Crippen molar-refractivity contribution in [1.29, 1.82) is 0 Å². The molecule has 20 heavy (non-hydrogen) atoms. The van der Waals surface area contributed by atoms with Crippen molar-refractivity contribution in [3.8, 4) is 0 Å². The lowest BCUT2D eigenvalue weighted by atomic mass is 9.99. The second kappa shape index (κ2) is 6.28. The van der Waals surface area contributed by atoms with E-state index >= 15 is 0 Å². The molecule has 0 aliphatic heterocycles. The summed E-state index contributed by atoms with van der Waals surface area (Å²) in [5, 5.41) is 0. The SMILES string of the molecule is NC(Cc1c(F)ccc(Br)c1F)c1ccc(F)cc1Br. The second-order valence-electron chi connectivity index (χ2n) is 4.30. The van der Waals surface area contributed by atoms with Gasteiger partial charge in [-0.1, -0.05) is 22.0 Å². The van der Waals surface area contributed by atoms with Gasteiger partial charge < -0.3 is 5.73 Å². The third-order valence-corrected chi connectivity index (χ3v) is 4.22. The zero-order chi connectivity index (χ0) is 14.9. The van der Waals surface area contributed by atoms with Gasteiger partial charge in [0.1, 0.15) is 17.5 Å². The predicted octanol–water partition coefficient (Wildman–Crippen LogP) is 4.87. The molecule has 0 radical (unpaired) electrons. The van der Waals surface area contributed by atoms with Crippen molar-refractivity contribution in [1.82, 2.24) is 0 Å². The molecule has 0 aliphatic carbocycles. The largest absolute Gasteiger partial charge is 0.324 e. The third kappa shape index (κ3) is 3.24. The van der Waals surface area contributed by atoms with Gasteiger partial charge in [0.15, 0.2) is 0 Å². The highest BCUT2D eigenvalue weighted by Gasteiger charge is 2.18. The van der Waals surface area contributed by atoms with E-state index in [-0.39, 0.29) is 16.5 Å². The number of benzene rings is 2. The first kappa shape index (κ1) is 15.5. The zero-order valence-electron chi connectivity index (χ0n) is 10.1. The minimum Gasteiger partial charge on any atom is -0.324 e. The van der Waals surface area contributed by atoms with Crippen LogP contribution in [0.4, 0.5) is 13.2 Å². The summed E-state index contributed by atoms with van der Waals surface area (Å²) < 4.78 is 41.2. The molecule has 0 fully saturated rings. The second-order valence-corrected chi connectivity index (χ2v) is 6.01. The Labute approximate surface area is 131 Å². The van der Waals surface area contributed by atoms with Crippen molar-refractivity contribution in [2.45, 2.75) is 12.5 Å². The summed E-state index contributed by atoms with van der Waals surface area (Å²) in [6.45, 7) is 0. The molecule has 0 saturated carbocycles. The van der Waals surface area contributed by atoms with Crippen LogP contribution >= 0.6 is 31.9 Å². The van der Waals surface area contributed by atoms with E-state index in [0.717, 1.165) is 0 Å². The smallest absolute Gasteiger partial charge is 0.143 e. The molecule has 0 aliphatic rings. The molecule has 2 aromatic rings. The molecule has 2 aromatic carbocycles. The van der Waals surface area contributed by atoms with E-state index in [1.54, 1.807) is 0 Å². The first-order valence-electron chi connectivity index (χ1n) is 5.73. The Morgan fingerprint density at radius 1 is 1.00 bits per heavy atom.